The van der Waals surface area contributed by atoms with Crippen LogP contribution >= 0.6 is 23.2 Å². The fourth-order valence-corrected chi connectivity index (χ4v) is 4.93. The number of rotatable bonds is 4. The number of Topliss-reactive ketones (excluding diaryl/α,β-unsaturated/α-hetero) is 1. The van der Waals surface area contributed by atoms with E-state index in [9.17, 15) is 13.2 Å². The molecule has 126 valence electrons. The Morgan fingerprint density at radius 2 is 1.78 bits per heavy atom. The molecule has 2 rings (SSSR count). The number of nitrogens with zero attached hydrogens (tertiary/aromatic N) is 2. The fraction of sp³-hybridized carbons (Fsp3) is 0.467. The summed E-state index contributed by atoms with van der Waals surface area (Å²) in [6.07, 6.45) is 0. The summed E-state index contributed by atoms with van der Waals surface area (Å²) < 4.78 is 27.0. The Bertz CT molecular complexity index is 755. The van der Waals surface area contributed by atoms with Crippen LogP contribution in [0.25, 0.3) is 0 Å². The van der Waals surface area contributed by atoms with Crippen LogP contribution in [-0.2, 0) is 14.8 Å². The van der Waals surface area contributed by atoms with Gasteiger partial charge in [0, 0.05) is 0 Å². The Morgan fingerprint density at radius 1 is 1.26 bits per heavy atom. The Labute approximate surface area is 146 Å². The Morgan fingerprint density at radius 3 is 2.22 bits per heavy atom. The van der Waals surface area contributed by atoms with Gasteiger partial charge in [0.2, 0.25) is 0 Å². The van der Waals surface area contributed by atoms with E-state index in [0.717, 1.165) is 9.87 Å². The topological polar surface area (TPSA) is 66.8 Å². The van der Waals surface area contributed by atoms with Gasteiger partial charge in [0.15, 0.2) is 10.6 Å². The predicted octanol–water partition coefficient (Wildman–Crippen LogP) is 2.94. The molecule has 1 aromatic rings. The van der Waals surface area contributed by atoms with Crippen LogP contribution in [0.3, 0.4) is 0 Å². The molecule has 0 fully saturated rings. The fourth-order valence-electron chi connectivity index (χ4n) is 2.72. The van der Waals surface area contributed by atoms with E-state index in [1.807, 2.05) is 6.92 Å². The molecule has 23 heavy (non-hydrogen) atoms. The average molecular weight is 377 g/mol. The summed E-state index contributed by atoms with van der Waals surface area (Å²) in [5.41, 5.74) is -0.0173. The van der Waals surface area contributed by atoms with Gasteiger partial charge in [-0.25, -0.2) is 12.7 Å². The zero-order valence-electron chi connectivity index (χ0n) is 13.2. The van der Waals surface area contributed by atoms with Crippen molar-refractivity contribution in [2.75, 3.05) is 0 Å². The quantitative estimate of drug-likeness (QED) is 0.758. The molecule has 1 heterocycles. The van der Waals surface area contributed by atoms with Gasteiger partial charge in [0.25, 0.3) is 10.0 Å². The highest BCUT2D eigenvalue weighted by atomic mass is 35.5. The number of amidine groups is 1. The standard InChI is InChI=1S/C15H18Cl2N2O3S/c1-9-5-7-11(8-6-9)23(21,22)19-12(10(2)20)15(3,4)18-14(19)13(16)17/h5-8,12-13H,1-4H3/t12-/m1/s1. The predicted molar refractivity (Wildman–Crippen MR) is 91.7 cm³/mol. The number of hydrogen-bond acceptors (Lipinski definition) is 4. The van der Waals surface area contributed by atoms with E-state index in [2.05, 4.69) is 4.99 Å². The number of hydrogen-bond donors (Lipinski definition) is 0. The van der Waals surface area contributed by atoms with E-state index in [4.69, 9.17) is 23.2 Å². The normalized spacial score (nSPS) is 20.7. The first-order valence-electron chi connectivity index (χ1n) is 6.98. The Kier molecular flexibility index (Phi) is 4.81. The minimum atomic E-state index is -4.00. The van der Waals surface area contributed by atoms with Crippen molar-refractivity contribution in [3.63, 3.8) is 0 Å². The number of ketones is 1. The summed E-state index contributed by atoms with van der Waals surface area (Å²) in [5, 5.41) is 0. The number of alkyl halides is 2. The molecule has 0 unspecified atom stereocenters. The molecule has 0 saturated heterocycles. The molecule has 1 aliphatic rings. The number of benzene rings is 1. The van der Waals surface area contributed by atoms with E-state index >= 15 is 0 Å². The van der Waals surface area contributed by atoms with E-state index < -0.39 is 26.4 Å². The van der Waals surface area contributed by atoms with Gasteiger partial charge >= 0.3 is 0 Å². The zero-order valence-corrected chi connectivity index (χ0v) is 15.6. The van der Waals surface area contributed by atoms with Crippen molar-refractivity contribution in [3.05, 3.63) is 29.8 Å². The van der Waals surface area contributed by atoms with Gasteiger partial charge < -0.3 is 0 Å². The molecule has 1 atom stereocenters. The number of carbonyl (C=O) groups excluding carboxylic acids is 1. The number of halogens is 2. The first kappa shape index (κ1) is 18.2. The highest BCUT2D eigenvalue weighted by molar-refractivity contribution is 7.89. The van der Waals surface area contributed by atoms with Crippen molar-refractivity contribution in [3.8, 4) is 0 Å². The molecule has 0 amide bonds. The summed E-state index contributed by atoms with van der Waals surface area (Å²) in [4.78, 5) is 15.3. The molecule has 0 bridgehead atoms. The summed E-state index contributed by atoms with van der Waals surface area (Å²) >= 11 is 11.8. The van der Waals surface area contributed by atoms with Crippen molar-refractivity contribution in [1.82, 2.24) is 4.31 Å². The lowest BCUT2D eigenvalue weighted by Gasteiger charge is -2.31. The lowest BCUT2D eigenvalue weighted by Crippen LogP contribution is -2.52. The SMILES string of the molecule is CC(=O)[C@H]1N(S(=O)(=O)c2ccc(C)cc2)C(C(Cl)Cl)=NC1(C)C. The molecule has 0 radical (unpaired) electrons. The number of carbonyl (C=O) groups is 1. The van der Waals surface area contributed by atoms with E-state index in [-0.39, 0.29) is 16.5 Å². The van der Waals surface area contributed by atoms with Gasteiger partial charge in [0.05, 0.1) is 10.4 Å². The summed E-state index contributed by atoms with van der Waals surface area (Å²) in [5.74, 6) is -0.350. The van der Waals surface area contributed by atoms with E-state index in [1.165, 1.54) is 19.1 Å². The number of aliphatic imine (C=N–C) groups is 1. The first-order chi connectivity index (χ1) is 10.5. The molecule has 1 aliphatic heterocycles. The molecule has 5 nitrogen and oxygen atoms in total. The highest BCUT2D eigenvalue weighted by Crippen LogP contribution is 2.36. The second kappa shape index (κ2) is 6.07. The van der Waals surface area contributed by atoms with E-state index in [1.54, 1.807) is 26.0 Å². The molecule has 0 aliphatic carbocycles. The second-order valence-corrected chi connectivity index (χ2v) is 8.96. The van der Waals surface area contributed by atoms with Crippen molar-refractivity contribution in [2.45, 2.75) is 49.0 Å². The van der Waals surface area contributed by atoms with Gasteiger partial charge in [-0.05, 0) is 39.8 Å². The average Bonchev–Trinajstić information content (AvgIpc) is 2.72. The van der Waals surface area contributed by atoms with Crippen LogP contribution in [0.2, 0.25) is 0 Å². The molecule has 0 N–H and O–H groups in total. The van der Waals surface area contributed by atoms with Gasteiger partial charge in [-0.15, -0.1) is 0 Å². The van der Waals surface area contributed by atoms with Crippen LogP contribution in [0.5, 0.6) is 0 Å². The van der Waals surface area contributed by atoms with Crippen molar-refractivity contribution >= 4 is 44.8 Å². The van der Waals surface area contributed by atoms with Crippen molar-refractivity contribution in [2.24, 2.45) is 4.99 Å². The maximum atomic E-state index is 13.0. The molecule has 1 aromatic carbocycles. The van der Waals surface area contributed by atoms with Crippen LogP contribution in [-0.4, -0.2) is 40.8 Å². The maximum Gasteiger partial charge on any atom is 0.266 e. The van der Waals surface area contributed by atoms with Crippen LogP contribution in [0, 0.1) is 6.92 Å². The number of aryl methyl sites for hydroxylation is 1. The Balaban J connectivity index is 2.63. The van der Waals surface area contributed by atoms with Crippen LogP contribution in [0.4, 0.5) is 0 Å². The van der Waals surface area contributed by atoms with Gasteiger partial charge in [-0.2, -0.15) is 0 Å². The van der Waals surface area contributed by atoms with E-state index in [0.29, 0.717) is 0 Å². The minimum Gasteiger partial charge on any atom is -0.298 e. The lowest BCUT2D eigenvalue weighted by molar-refractivity contribution is -0.120. The monoisotopic (exact) mass is 376 g/mol. The smallest absolute Gasteiger partial charge is 0.266 e. The van der Waals surface area contributed by atoms with Gasteiger partial charge in [0.1, 0.15) is 11.9 Å². The molecule has 0 aromatic heterocycles. The third kappa shape index (κ3) is 3.25. The summed E-state index contributed by atoms with van der Waals surface area (Å²) in [6.45, 7) is 6.55. The van der Waals surface area contributed by atoms with Crippen molar-refractivity contribution < 1.29 is 13.2 Å². The largest absolute Gasteiger partial charge is 0.298 e. The maximum absolute atomic E-state index is 13.0. The van der Waals surface area contributed by atoms with Crippen molar-refractivity contribution in [1.29, 1.82) is 0 Å². The summed E-state index contributed by atoms with van der Waals surface area (Å²) in [6, 6.07) is 5.37. The number of sulfonamides is 1. The van der Waals surface area contributed by atoms with Crippen LogP contribution in [0.1, 0.15) is 26.3 Å². The molecular formula is C15H18Cl2N2O3S. The summed E-state index contributed by atoms with van der Waals surface area (Å²) in [7, 11) is -4.00. The molecule has 0 saturated carbocycles. The van der Waals surface area contributed by atoms with Crippen LogP contribution < -0.4 is 0 Å². The molecule has 0 spiro atoms. The zero-order chi connectivity index (χ0) is 17.6. The lowest BCUT2D eigenvalue weighted by atomic mass is 9.94. The molecular weight excluding hydrogens is 359 g/mol. The van der Waals surface area contributed by atoms with Gasteiger partial charge in [-0.3, -0.25) is 9.79 Å². The Hall–Kier alpha value is -1.11. The van der Waals surface area contributed by atoms with Gasteiger partial charge in [-0.1, -0.05) is 40.9 Å². The molecule has 8 heteroatoms. The van der Waals surface area contributed by atoms with Crippen LogP contribution in [0.15, 0.2) is 34.2 Å². The third-order valence-electron chi connectivity index (χ3n) is 3.69. The third-order valence-corrected chi connectivity index (χ3v) is 5.86. The second-order valence-electron chi connectivity index (χ2n) is 6.05. The minimum absolute atomic E-state index is 0.0286. The highest BCUT2D eigenvalue weighted by Gasteiger charge is 2.51. The first-order valence-corrected chi connectivity index (χ1v) is 9.29.